The second-order valence-corrected chi connectivity index (χ2v) is 7.64. The number of nitrogens with one attached hydrogen (secondary N) is 2. The lowest BCUT2D eigenvalue weighted by Crippen LogP contribution is -2.48. The molecule has 2 N–H and O–H groups in total. The maximum absolute atomic E-state index is 5.99. The van der Waals surface area contributed by atoms with E-state index in [-0.39, 0.29) is 0 Å². The topological polar surface area (TPSA) is 48.9 Å². The van der Waals surface area contributed by atoms with Crippen molar-refractivity contribution in [3.8, 4) is 0 Å². The van der Waals surface area contributed by atoms with Gasteiger partial charge in [0.25, 0.3) is 0 Å². The summed E-state index contributed by atoms with van der Waals surface area (Å²) in [4.78, 5) is 7.49. The molecule has 2 aliphatic heterocycles. The molecule has 2 bridgehead atoms. The second kappa shape index (κ2) is 10.1. The molecular weight excluding hydrogens is 336 g/mol. The smallest absolute Gasteiger partial charge is 0.191 e. The highest BCUT2D eigenvalue weighted by Gasteiger charge is 2.41. The summed E-state index contributed by atoms with van der Waals surface area (Å²) >= 11 is 0. The Hall–Kier alpha value is -1.59. The second-order valence-electron chi connectivity index (χ2n) is 7.64. The summed E-state index contributed by atoms with van der Waals surface area (Å²) in [5, 5.41) is 7.07. The van der Waals surface area contributed by atoms with Crippen LogP contribution in [0.3, 0.4) is 0 Å². The molecule has 150 valence electrons. The molecule has 4 atom stereocenters. The number of likely N-dealkylation sites (N-methyl/N-ethyl adjacent to an activating group) is 1. The summed E-state index contributed by atoms with van der Waals surface area (Å²) < 4.78 is 5.99. The minimum absolute atomic E-state index is 0.363. The van der Waals surface area contributed by atoms with E-state index in [0.29, 0.717) is 24.3 Å². The van der Waals surface area contributed by atoms with Crippen LogP contribution < -0.4 is 10.6 Å². The van der Waals surface area contributed by atoms with Gasteiger partial charge in [0.1, 0.15) is 0 Å². The predicted molar refractivity (Wildman–Crippen MR) is 112 cm³/mol. The van der Waals surface area contributed by atoms with E-state index in [4.69, 9.17) is 9.73 Å². The molecule has 2 saturated heterocycles. The molecule has 1 aromatic rings. The predicted octanol–water partition coefficient (Wildman–Crippen LogP) is 2.81. The Labute approximate surface area is 164 Å². The molecule has 1 aromatic carbocycles. The minimum atomic E-state index is 0.363. The lowest BCUT2D eigenvalue weighted by atomic mass is 9.96. The van der Waals surface area contributed by atoms with Crippen molar-refractivity contribution in [3.63, 3.8) is 0 Å². The van der Waals surface area contributed by atoms with Gasteiger partial charge in [-0.2, -0.15) is 0 Å². The average Bonchev–Trinajstić information content (AvgIpc) is 3.31. The van der Waals surface area contributed by atoms with E-state index < -0.39 is 0 Å². The quantitative estimate of drug-likeness (QED) is 0.517. The van der Waals surface area contributed by atoms with Gasteiger partial charge in [0.2, 0.25) is 0 Å². The van der Waals surface area contributed by atoms with Crippen molar-refractivity contribution in [2.45, 2.75) is 70.7 Å². The van der Waals surface area contributed by atoms with Crippen molar-refractivity contribution in [2.75, 3.05) is 26.2 Å². The van der Waals surface area contributed by atoms with Crippen LogP contribution in [0.4, 0.5) is 0 Å². The van der Waals surface area contributed by atoms with Crippen LogP contribution >= 0.6 is 0 Å². The van der Waals surface area contributed by atoms with Gasteiger partial charge in [0.15, 0.2) is 5.96 Å². The molecule has 5 nitrogen and oxygen atoms in total. The fourth-order valence-corrected chi connectivity index (χ4v) is 4.42. The fourth-order valence-electron chi connectivity index (χ4n) is 4.42. The van der Waals surface area contributed by atoms with Crippen molar-refractivity contribution in [1.82, 2.24) is 15.5 Å². The van der Waals surface area contributed by atoms with E-state index in [2.05, 4.69) is 66.6 Å². The molecule has 0 aliphatic carbocycles. The monoisotopic (exact) mass is 372 g/mol. The molecule has 0 amide bonds. The van der Waals surface area contributed by atoms with Crippen LogP contribution in [0.1, 0.15) is 45.6 Å². The van der Waals surface area contributed by atoms with Crippen LogP contribution in [0, 0.1) is 0 Å². The number of guanidine groups is 1. The highest BCUT2D eigenvalue weighted by atomic mass is 16.5. The van der Waals surface area contributed by atoms with Crippen molar-refractivity contribution < 1.29 is 4.74 Å². The molecule has 27 heavy (non-hydrogen) atoms. The number of ether oxygens (including phenoxy) is 1. The van der Waals surface area contributed by atoms with E-state index >= 15 is 0 Å². The van der Waals surface area contributed by atoms with E-state index in [0.717, 1.165) is 45.0 Å². The molecule has 0 aromatic heterocycles. The third-order valence-corrected chi connectivity index (χ3v) is 5.88. The van der Waals surface area contributed by atoms with E-state index in [1.165, 1.54) is 18.4 Å². The van der Waals surface area contributed by atoms with Crippen LogP contribution in [0.2, 0.25) is 0 Å². The summed E-state index contributed by atoms with van der Waals surface area (Å²) in [6.45, 7) is 10.4. The van der Waals surface area contributed by atoms with E-state index in [1.807, 2.05) is 0 Å². The number of aliphatic imine (C=N–C) groups is 1. The molecule has 2 aliphatic rings. The number of nitrogens with zero attached hydrogens (tertiary/aromatic N) is 2. The molecule has 0 saturated carbocycles. The third-order valence-electron chi connectivity index (χ3n) is 5.88. The van der Waals surface area contributed by atoms with Crippen molar-refractivity contribution in [2.24, 2.45) is 4.99 Å². The van der Waals surface area contributed by atoms with Gasteiger partial charge < -0.3 is 15.4 Å². The normalized spacial score (nSPS) is 25.8. The van der Waals surface area contributed by atoms with Gasteiger partial charge in [-0.15, -0.1) is 0 Å². The van der Waals surface area contributed by atoms with Crippen LogP contribution in [0.25, 0.3) is 0 Å². The Balaban J connectivity index is 1.65. The number of fused-ring (bicyclic) bond motifs is 2. The first kappa shape index (κ1) is 20.2. The molecule has 0 radical (unpaired) electrons. The summed E-state index contributed by atoms with van der Waals surface area (Å²) in [5.41, 5.74) is 1.38. The van der Waals surface area contributed by atoms with Crippen LogP contribution in [0.15, 0.2) is 35.3 Å². The number of rotatable bonds is 9. The first-order valence-electron chi connectivity index (χ1n) is 10.7. The Morgan fingerprint density at radius 3 is 2.56 bits per heavy atom. The van der Waals surface area contributed by atoms with Crippen molar-refractivity contribution in [1.29, 1.82) is 0 Å². The first-order valence-corrected chi connectivity index (χ1v) is 10.7. The molecule has 2 heterocycles. The lowest BCUT2D eigenvalue weighted by Gasteiger charge is -2.29. The van der Waals surface area contributed by atoms with Gasteiger partial charge >= 0.3 is 0 Å². The maximum atomic E-state index is 5.99. The maximum Gasteiger partial charge on any atom is 0.191 e. The lowest BCUT2D eigenvalue weighted by molar-refractivity contribution is 0.0992. The van der Waals surface area contributed by atoms with Gasteiger partial charge in [0, 0.05) is 12.6 Å². The van der Waals surface area contributed by atoms with E-state index in [1.54, 1.807) is 0 Å². The SMILES string of the molecule is CCNC(=NCC(Cc1ccccc1)N(CC)CC)NC1CC2CCC1O2. The zero-order valence-corrected chi connectivity index (χ0v) is 17.2. The van der Waals surface area contributed by atoms with Crippen LogP contribution in [-0.4, -0.2) is 61.3 Å². The molecule has 2 fully saturated rings. The molecule has 0 spiro atoms. The molecule has 5 heteroatoms. The van der Waals surface area contributed by atoms with Gasteiger partial charge in [0.05, 0.1) is 24.8 Å². The van der Waals surface area contributed by atoms with Gasteiger partial charge in [-0.3, -0.25) is 9.89 Å². The number of benzene rings is 1. The van der Waals surface area contributed by atoms with Gasteiger partial charge in [-0.25, -0.2) is 0 Å². The first-order chi connectivity index (χ1) is 13.2. The van der Waals surface area contributed by atoms with E-state index in [9.17, 15) is 0 Å². The summed E-state index contributed by atoms with van der Waals surface area (Å²) in [6.07, 6.45) is 5.36. The zero-order chi connectivity index (χ0) is 19.1. The van der Waals surface area contributed by atoms with Crippen LogP contribution in [0.5, 0.6) is 0 Å². The van der Waals surface area contributed by atoms with Crippen molar-refractivity contribution in [3.05, 3.63) is 35.9 Å². The van der Waals surface area contributed by atoms with Crippen LogP contribution in [-0.2, 0) is 11.2 Å². The summed E-state index contributed by atoms with van der Waals surface area (Å²) in [6, 6.07) is 11.6. The third kappa shape index (κ3) is 5.45. The fraction of sp³-hybridized carbons (Fsp3) is 0.682. The van der Waals surface area contributed by atoms with Crippen molar-refractivity contribution >= 4 is 5.96 Å². The Morgan fingerprint density at radius 2 is 1.96 bits per heavy atom. The Morgan fingerprint density at radius 1 is 1.19 bits per heavy atom. The number of hydrogen-bond acceptors (Lipinski definition) is 3. The summed E-state index contributed by atoms with van der Waals surface area (Å²) in [7, 11) is 0. The Bertz CT molecular complexity index is 587. The zero-order valence-electron chi connectivity index (χ0n) is 17.2. The average molecular weight is 373 g/mol. The highest BCUT2D eigenvalue weighted by Crippen LogP contribution is 2.34. The molecular formula is C22H36N4O. The standard InChI is InChI=1S/C22H36N4O/c1-4-23-22(25-20-15-19-12-13-21(20)27-19)24-16-18(26(5-2)6-3)14-17-10-8-7-9-11-17/h7-11,18-21H,4-6,12-16H2,1-3H3,(H2,23,24,25). The largest absolute Gasteiger partial charge is 0.373 e. The Kier molecular flexibility index (Phi) is 7.53. The highest BCUT2D eigenvalue weighted by molar-refractivity contribution is 5.80. The van der Waals surface area contributed by atoms with Gasteiger partial charge in [-0.1, -0.05) is 44.2 Å². The summed E-state index contributed by atoms with van der Waals surface area (Å²) in [5.74, 6) is 0.934. The molecule has 3 rings (SSSR count). The minimum Gasteiger partial charge on any atom is -0.373 e. The molecule has 4 unspecified atom stereocenters. The number of hydrogen-bond donors (Lipinski definition) is 2. The van der Waals surface area contributed by atoms with Gasteiger partial charge in [-0.05, 0) is 51.3 Å².